The van der Waals surface area contributed by atoms with Gasteiger partial charge >= 0.3 is 5.97 Å². The average Bonchev–Trinajstić information content (AvgIpc) is 2.12. The van der Waals surface area contributed by atoms with Gasteiger partial charge in [-0.1, -0.05) is 26.7 Å². The number of carbonyl (C=O) groups excluding carboxylic acids is 1. The Kier molecular flexibility index (Phi) is 4.90. The molecule has 0 saturated heterocycles. The third-order valence-corrected chi connectivity index (χ3v) is 2.09. The van der Waals surface area contributed by atoms with E-state index in [-0.39, 0.29) is 0 Å². The summed E-state index contributed by atoms with van der Waals surface area (Å²) in [6.45, 7) is 3.81. The van der Waals surface area contributed by atoms with Crippen LogP contribution in [0.1, 0.15) is 39.5 Å². The number of aliphatic hydroxyl groups is 1. The Balaban J connectivity index is 4.13. The molecular formula is C9H18O3. The highest BCUT2D eigenvalue weighted by Crippen LogP contribution is 2.19. The van der Waals surface area contributed by atoms with Gasteiger partial charge in [0.15, 0.2) is 5.60 Å². The molecule has 0 fully saturated rings. The first-order valence-electron chi connectivity index (χ1n) is 4.41. The molecule has 1 unspecified atom stereocenters. The molecule has 0 aromatic heterocycles. The van der Waals surface area contributed by atoms with Crippen molar-refractivity contribution in [2.45, 2.75) is 45.1 Å². The van der Waals surface area contributed by atoms with Crippen molar-refractivity contribution in [1.29, 1.82) is 0 Å². The summed E-state index contributed by atoms with van der Waals surface area (Å²) in [4.78, 5) is 11.1. The Labute approximate surface area is 73.7 Å². The SMILES string of the molecule is CCCCC(O)(CC)C(=O)OC. The number of esters is 1. The zero-order valence-electron chi connectivity index (χ0n) is 8.09. The summed E-state index contributed by atoms with van der Waals surface area (Å²) in [5.74, 6) is -0.515. The van der Waals surface area contributed by atoms with Crippen molar-refractivity contribution in [1.82, 2.24) is 0 Å². The first-order chi connectivity index (χ1) is 5.60. The first-order valence-corrected chi connectivity index (χ1v) is 4.41. The van der Waals surface area contributed by atoms with Crippen LogP contribution in [-0.4, -0.2) is 23.8 Å². The summed E-state index contributed by atoms with van der Waals surface area (Å²) in [5.41, 5.74) is -1.26. The standard InChI is InChI=1S/C9H18O3/c1-4-6-7-9(11,5-2)8(10)12-3/h11H,4-7H2,1-3H3. The highest BCUT2D eigenvalue weighted by atomic mass is 16.5. The van der Waals surface area contributed by atoms with Gasteiger partial charge in [-0.05, 0) is 12.8 Å². The van der Waals surface area contributed by atoms with Gasteiger partial charge < -0.3 is 9.84 Å². The predicted molar refractivity (Wildman–Crippen MR) is 46.8 cm³/mol. The van der Waals surface area contributed by atoms with Crippen LogP contribution in [0.3, 0.4) is 0 Å². The van der Waals surface area contributed by atoms with E-state index in [0.717, 1.165) is 12.8 Å². The number of carbonyl (C=O) groups is 1. The maximum absolute atomic E-state index is 11.1. The number of rotatable bonds is 5. The van der Waals surface area contributed by atoms with Crippen molar-refractivity contribution in [3.8, 4) is 0 Å². The van der Waals surface area contributed by atoms with Crippen LogP contribution in [0.4, 0.5) is 0 Å². The lowest BCUT2D eigenvalue weighted by atomic mass is 9.94. The topological polar surface area (TPSA) is 46.5 Å². The highest BCUT2D eigenvalue weighted by molar-refractivity contribution is 5.78. The molecular weight excluding hydrogens is 156 g/mol. The molecule has 1 atom stereocenters. The maximum Gasteiger partial charge on any atom is 0.337 e. The van der Waals surface area contributed by atoms with Crippen LogP contribution in [-0.2, 0) is 9.53 Å². The molecule has 0 saturated carbocycles. The van der Waals surface area contributed by atoms with Gasteiger partial charge in [0.25, 0.3) is 0 Å². The molecule has 0 rings (SSSR count). The molecule has 3 nitrogen and oxygen atoms in total. The molecule has 72 valence electrons. The van der Waals surface area contributed by atoms with Crippen molar-refractivity contribution >= 4 is 5.97 Å². The molecule has 0 aromatic carbocycles. The van der Waals surface area contributed by atoms with E-state index >= 15 is 0 Å². The fourth-order valence-corrected chi connectivity index (χ4v) is 1.08. The second kappa shape index (κ2) is 5.14. The lowest BCUT2D eigenvalue weighted by Gasteiger charge is -2.22. The fraction of sp³-hybridized carbons (Fsp3) is 0.889. The monoisotopic (exact) mass is 174 g/mol. The van der Waals surface area contributed by atoms with Gasteiger partial charge in [0.1, 0.15) is 0 Å². The summed E-state index contributed by atoms with van der Waals surface area (Å²) >= 11 is 0. The minimum absolute atomic E-state index is 0.416. The van der Waals surface area contributed by atoms with E-state index in [0.29, 0.717) is 12.8 Å². The number of unbranched alkanes of at least 4 members (excludes halogenated alkanes) is 1. The normalized spacial score (nSPS) is 15.3. The molecule has 0 heterocycles. The van der Waals surface area contributed by atoms with Gasteiger partial charge in [-0.2, -0.15) is 0 Å². The van der Waals surface area contributed by atoms with Crippen LogP contribution in [0.25, 0.3) is 0 Å². The number of methoxy groups -OCH3 is 1. The van der Waals surface area contributed by atoms with Crippen LogP contribution in [0.5, 0.6) is 0 Å². The predicted octanol–water partition coefficient (Wildman–Crippen LogP) is 1.49. The first kappa shape index (κ1) is 11.4. The summed E-state index contributed by atoms with van der Waals surface area (Å²) in [5, 5.41) is 9.75. The van der Waals surface area contributed by atoms with Crippen molar-refractivity contribution < 1.29 is 14.6 Å². The third-order valence-electron chi connectivity index (χ3n) is 2.09. The molecule has 0 aliphatic rings. The maximum atomic E-state index is 11.1. The van der Waals surface area contributed by atoms with E-state index in [2.05, 4.69) is 4.74 Å². The van der Waals surface area contributed by atoms with Crippen LogP contribution in [0.15, 0.2) is 0 Å². The Morgan fingerprint density at radius 3 is 2.42 bits per heavy atom. The van der Waals surface area contributed by atoms with Gasteiger partial charge in [-0.25, -0.2) is 4.79 Å². The Bertz CT molecular complexity index is 145. The molecule has 1 N–H and O–H groups in total. The second-order valence-electron chi connectivity index (χ2n) is 2.98. The number of hydrogen-bond acceptors (Lipinski definition) is 3. The highest BCUT2D eigenvalue weighted by Gasteiger charge is 2.33. The third kappa shape index (κ3) is 2.81. The van der Waals surface area contributed by atoms with E-state index in [4.69, 9.17) is 0 Å². The molecule has 0 aromatic rings. The van der Waals surface area contributed by atoms with Gasteiger partial charge in [-0.3, -0.25) is 0 Å². The van der Waals surface area contributed by atoms with Gasteiger partial charge in [0, 0.05) is 0 Å². The second-order valence-corrected chi connectivity index (χ2v) is 2.98. The van der Waals surface area contributed by atoms with E-state index in [1.165, 1.54) is 7.11 Å². The number of hydrogen-bond donors (Lipinski definition) is 1. The smallest absolute Gasteiger partial charge is 0.337 e. The van der Waals surface area contributed by atoms with Crippen molar-refractivity contribution in [3.05, 3.63) is 0 Å². The van der Waals surface area contributed by atoms with Gasteiger partial charge in [0.05, 0.1) is 7.11 Å². The van der Waals surface area contributed by atoms with Gasteiger partial charge in [-0.15, -0.1) is 0 Å². The largest absolute Gasteiger partial charge is 0.467 e. The Morgan fingerprint density at radius 2 is 2.08 bits per heavy atom. The molecule has 3 heteroatoms. The minimum Gasteiger partial charge on any atom is -0.467 e. The number of ether oxygens (including phenoxy) is 1. The van der Waals surface area contributed by atoms with Crippen molar-refractivity contribution in [3.63, 3.8) is 0 Å². The zero-order valence-corrected chi connectivity index (χ0v) is 8.09. The average molecular weight is 174 g/mol. The zero-order chi connectivity index (χ0) is 9.61. The Morgan fingerprint density at radius 1 is 1.50 bits per heavy atom. The van der Waals surface area contributed by atoms with Gasteiger partial charge in [0.2, 0.25) is 0 Å². The van der Waals surface area contributed by atoms with Crippen LogP contribution < -0.4 is 0 Å². The molecule has 0 aliphatic heterocycles. The van der Waals surface area contributed by atoms with E-state index in [1.807, 2.05) is 6.92 Å². The molecule has 0 aliphatic carbocycles. The lowest BCUT2D eigenvalue weighted by molar-refractivity contribution is -0.163. The fourth-order valence-electron chi connectivity index (χ4n) is 1.08. The quantitative estimate of drug-likeness (QED) is 0.642. The Hall–Kier alpha value is -0.570. The van der Waals surface area contributed by atoms with E-state index in [9.17, 15) is 9.90 Å². The lowest BCUT2D eigenvalue weighted by Crippen LogP contribution is -2.38. The summed E-state index contributed by atoms with van der Waals surface area (Å²) in [6.07, 6.45) is 2.73. The van der Waals surface area contributed by atoms with Crippen LogP contribution >= 0.6 is 0 Å². The molecule has 0 radical (unpaired) electrons. The van der Waals surface area contributed by atoms with Crippen LogP contribution in [0.2, 0.25) is 0 Å². The summed E-state index contributed by atoms with van der Waals surface area (Å²) < 4.78 is 4.51. The minimum atomic E-state index is -1.26. The van der Waals surface area contributed by atoms with E-state index in [1.54, 1.807) is 6.92 Å². The van der Waals surface area contributed by atoms with Crippen LogP contribution in [0, 0.1) is 0 Å². The van der Waals surface area contributed by atoms with E-state index < -0.39 is 11.6 Å². The van der Waals surface area contributed by atoms with Crippen molar-refractivity contribution in [2.24, 2.45) is 0 Å². The summed E-state index contributed by atoms with van der Waals surface area (Å²) in [7, 11) is 1.30. The summed E-state index contributed by atoms with van der Waals surface area (Å²) in [6, 6.07) is 0. The molecule has 0 bridgehead atoms. The van der Waals surface area contributed by atoms with Crippen molar-refractivity contribution in [2.75, 3.05) is 7.11 Å². The molecule has 0 amide bonds. The molecule has 12 heavy (non-hydrogen) atoms. The molecule has 0 spiro atoms.